The Morgan fingerprint density at radius 3 is 1.35 bits per heavy atom. The summed E-state index contributed by atoms with van der Waals surface area (Å²) < 4.78 is 4.62. The van der Waals surface area contributed by atoms with Gasteiger partial charge in [0.15, 0.2) is 0 Å². The van der Waals surface area contributed by atoms with Crippen LogP contribution in [0, 0.1) is 11.3 Å². The van der Waals surface area contributed by atoms with Gasteiger partial charge in [0.1, 0.15) is 6.07 Å². The van der Waals surface area contributed by atoms with Gasteiger partial charge in [-0.05, 0) is 36.4 Å². The predicted octanol–water partition coefficient (Wildman–Crippen LogP) is 9.42. The summed E-state index contributed by atoms with van der Waals surface area (Å²) in [6.07, 6.45) is 0. The number of fused-ring (bicyclic) bond motifs is 6. The van der Waals surface area contributed by atoms with Gasteiger partial charge in [0, 0.05) is 32.7 Å². The van der Waals surface area contributed by atoms with Gasteiger partial charge in [-0.15, -0.1) is 0 Å². The van der Waals surface area contributed by atoms with E-state index in [1.165, 1.54) is 21.5 Å². The molecule has 0 bridgehead atoms. The van der Waals surface area contributed by atoms with E-state index in [1.54, 1.807) is 0 Å². The Kier molecular flexibility index (Phi) is 4.89. The van der Waals surface area contributed by atoms with Crippen LogP contribution in [0.5, 0.6) is 0 Å². The molecule has 0 saturated heterocycles. The Hall–Kier alpha value is -5.59. The molecule has 8 aromatic rings. The number of benzene rings is 6. The number of rotatable bonds is 3. The molecule has 0 aliphatic carbocycles. The van der Waals surface area contributed by atoms with Crippen LogP contribution in [0.15, 0.2) is 140 Å². The molecule has 0 spiro atoms. The Balaban J connectivity index is 1.51. The third-order valence-corrected chi connectivity index (χ3v) is 7.98. The number of hydrogen-bond acceptors (Lipinski definition) is 1. The molecule has 0 N–H and O–H groups in total. The van der Waals surface area contributed by atoms with Crippen LogP contribution in [-0.4, -0.2) is 9.13 Å². The highest BCUT2D eigenvalue weighted by atomic mass is 15.0. The molecule has 8 rings (SSSR count). The van der Waals surface area contributed by atoms with Gasteiger partial charge < -0.3 is 9.13 Å². The van der Waals surface area contributed by atoms with Crippen molar-refractivity contribution < 1.29 is 0 Å². The Morgan fingerprint density at radius 2 is 0.825 bits per heavy atom. The van der Waals surface area contributed by atoms with Crippen LogP contribution in [0.1, 0.15) is 5.56 Å². The van der Waals surface area contributed by atoms with Gasteiger partial charge in [0.05, 0.1) is 39.0 Å². The molecule has 2 aromatic heterocycles. The average Bonchev–Trinajstić information content (AvgIpc) is 3.54. The number of nitrogens with zero attached hydrogens (tertiary/aromatic N) is 3. The predicted molar refractivity (Wildman–Crippen MR) is 165 cm³/mol. The molecule has 0 radical (unpaired) electrons. The fourth-order valence-electron chi connectivity index (χ4n) is 6.33. The van der Waals surface area contributed by atoms with E-state index in [4.69, 9.17) is 0 Å². The quantitative estimate of drug-likeness (QED) is 0.233. The number of aromatic nitrogens is 2. The summed E-state index contributed by atoms with van der Waals surface area (Å²) in [6, 6.07) is 51.2. The van der Waals surface area contributed by atoms with Crippen LogP contribution in [-0.2, 0) is 0 Å². The van der Waals surface area contributed by atoms with Crippen molar-refractivity contribution >= 4 is 43.6 Å². The molecule has 0 unspecified atom stereocenters. The lowest BCUT2D eigenvalue weighted by molar-refractivity contribution is 1.15. The van der Waals surface area contributed by atoms with E-state index in [1.807, 2.05) is 12.1 Å². The second-order valence-electron chi connectivity index (χ2n) is 10.1. The largest absolute Gasteiger partial charge is 0.309 e. The van der Waals surface area contributed by atoms with Crippen molar-refractivity contribution in [1.82, 2.24) is 9.13 Å². The highest BCUT2D eigenvalue weighted by molar-refractivity contribution is 6.11. The molecular formula is C37H23N3. The van der Waals surface area contributed by atoms with Crippen molar-refractivity contribution in [3.63, 3.8) is 0 Å². The number of para-hydroxylation sites is 6. The van der Waals surface area contributed by atoms with Crippen molar-refractivity contribution in [2.45, 2.75) is 0 Å². The first kappa shape index (κ1) is 22.4. The topological polar surface area (TPSA) is 33.6 Å². The van der Waals surface area contributed by atoms with E-state index < -0.39 is 0 Å². The van der Waals surface area contributed by atoms with E-state index in [-0.39, 0.29) is 0 Å². The van der Waals surface area contributed by atoms with Gasteiger partial charge in [-0.2, -0.15) is 5.26 Å². The van der Waals surface area contributed by atoms with Crippen LogP contribution in [0.3, 0.4) is 0 Å². The molecule has 0 aliphatic heterocycles. The molecule has 0 fully saturated rings. The Bertz CT molecular complexity index is 2180. The second-order valence-corrected chi connectivity index (χ2v) is 10.1. The van der Waals surface area contributed by atoms with E-state index in [0.29, 0.717) is 5.56 Å². The van der Waals surface area contributed by atoms with Gasteiger partial charge >= 0.3 is 0 Å². The van der Waals surface area contributed by atoms with Gasteiger partial charge in [-0.25, -0.2) is 0 Å². The van der Waals surface area contributed by atoms with Gasteiger partial charge in [0.25, 0.3) is 0 Å². The van der Waals surface area contributed by atoms with Gasteiger partial charge in [-0.1, -0.05) is 103 Å². The lowest BCUT2D eigenvalue weighted by Crippen LogP contribution is -2.03. The molecule has 40 heavy (non-hydrogen) atoms. The first-order valence-corrected chi connectivity index (χ1v) is 13.4. The maximum atomic E-state index is 10.4. The van der Waals surface area contributed by atoms with Crippen LogP contribution in [0.4, 0.5) is 0 Å². The lowest BCUT2D eigenvalue weighted by Gasteiger charge is -2.19. The monoisotopic (exact) mass is 509 g/mol. The zero-order chi connectivity index (χ0) is 26.6. The molecule has 2 heterocycles. The number of nitriles is 1. The third kappa shape index (κ3) is 3.11. The smallest absolute Gasteiger partial charge is 0.101 e. The van der Waals surface area contributed by atoms with Crippen molar-refractivity contribution in [3.05, 3.63) is 145 Å². The summed E-state index contributed by atoms with van der Waals surface area (Å²) in [5.74, 6) is 0. The van der Waals surface area contributed by atoms with Crippen molar-refractivity contribution in [2.24, 2.45) is 0 Å². The molecule has 0 aliphatic rings. The highest BCUT2D eigenvalue weighted by Gasteiger charge is 2.21. The summed E-state index contributed by atoms with van der Waals surface area (Å²) >= 11 is 0. The maximum Gasteiger partial charge on any atom is 0.101 e. The van der Waals surface area contributed by atoms with E-state index >= 15 is 0 Å². The van der Waals surface area contributed by atoms with Crippen LogP contribution in [0.2, 0.25) is 0 Å². The van der Waals surface area contributed by atoms with Crippen LogP contribution >= 0.6 is 0 Å². The normalized spacial score (nSPS) is 11.5. The minimum atomic E-state index is 0.640. The zero-order valence-corrected chi connectivity index (χ0v) is 21.6. The molecule has 0 saturated carbocycles. The Morgan fingerprint density at radius 1 is 0.400 bits per heavy atom. The zero-order valence-electron chi connectivity index (χ0n) is 21.6. The van der Waals surface area contributed by atoms with E-state index in [2.05, 4.69) is 143 Å². The fourth-order valence-corrected chi connectivity index (χ4v) is 6.33. The summed E-state index contributed by atoms with van der Waals surface area (Å²) in [6.45, 7) is 0. The van der Waals surface area contributed by atoms with Gasteiger partial charge in [0.2, 0.25) is 0 Å². The maximum absolute atomic E-state index is 10.4. The standard InChI is InChI=1S/C37H23N3/c38-24-25-12-11-18-31(37(25)40-35-22-9-3-15-28(35)29-16-4-10-23-36(29)40)30-17-5-8-21-34(30)39-32-19-6-1-13-26(32)27-14-2-7-20-33(27)39/h1-23H. The fraction of sp³-hybridized carbons (Fsp3) is 0. The van der Waals surface area contributed by atoms with Gasteiger partial charge in [-0.3, -0.25) is 0 Å². The van der Waals surface area contributed by atoms with E-state index in [0.717, 1.165) is 44.6 Å². The molecule has 0 amide bonds. The molecule has 3 nitrogen and oxygen atoms in total. The molecule has 0 atom stereocenters. The van der Waals surface area contributed by atoms with Crippen LogP contribution < -0.4 is 0 Å². The summed E-state index contributed by atoms with van der Waals surface area (Å²) in [4.78, 5) is 0. The highest BCUT2D eigenvalue weighted by Crippen LogP contribution is 2.41. The van der Waals surface area contributed by atoms with Crippen molar-refractivity contribution in [3.8, 4) is 28.6 Å². The molecule has 186 valence electrons. The number of hydrogen-bond donors (Lipinski definition) is 0. The first-order valence-electron chi connectivity index (χ1n) is 13.4. The van der Waals surface area contributed by atoms with E-state index in [9.17, 15) is 5.26 Å². The Labute approximate surface area is 231 Å². The molecule has 6 aromatic carbocycles. The summed E-state index contributed by atoms with van der Waals surface area (Å²) in [7, 11) is 0. The first-order chi connectivity index (χ1) is 19.8. The third-order valence-electron chi connectivity index (χ3n) is 7.98. The summed E-state index contributed by atoms with van der Waals surface area (Å²) in [5.41, 5.74) is 9.20. The second kappa shape index (κ2) is 8.73. The lowest BCUT2D eigenvalue weighted by atomic mass is 9.98. The molecular weight excluding hydrogens is 486 g/mol. The van der Waals surface area contributed by atoms with Crippen molar-refractivity contribution in [2.75, 3.05) is 0 Å². The average molecular weight is 510 g/mol. The van der Waals surface area contributed by atoms with Crippen molar-refractivity contribution in [1.29, 1.82) is 5.26 Å². The summed E-state index contributed by atoms with van der Waals surface area (Å²) in [5, 5.41) is 15.2. The van der Waals surface area contributed by atoms with Crippen LogP contribution in [0.25, 0.3) is 66.1 Å². The minimum absolute atomic E-state index is 0.640. The molecule has 3 heteroatoms. The SMILES string of the molecule is N#Cc1cccc(-c2ccccc2-n2c3ccccc3c3ccccc32)c1-n1c2ccccc2c2ccccc21. The minimum Gasteiger partial charge on any atom is -0.309 e.